The molecule has 2 unspecified atom stereocenters. The van der Waals surface area contributed by atoms with Crippen LogP contribution in [0.1, 0.15) is 68.4 Å². The average Bonchev–Trinajstić information content (AvgIpc) is 3.62. The zero-order valence-electron chi connectivity index (χ0n) is 23.1. The summed E-state index contributed by atoms with van der Waals surface area (Å²) in [5, 5.41) is 1.98. The summed E-state index contributed by atoms with van der Waals surface area (Å²) in [6.07, 6.45) is 13.0. The molecule has 39 heavy (non-hydrogen) atoms. The van der Waals surface area contributed by atoms with E-state index in [1.165, 1.54) is 56.9 Å². The Morgan fingerprint density at radius 2 is 1.44 bits per heavy atom. The number of furan rings is 1. The maximum Gasteiger partial charge on any atom is 0.216 e. The average molecular weight is 519 g/mol. The lowest BCUT2D eigenvalue weighted by Crippen LogP contribution is -2.30. The Morgan fingerprint density at radius 1 is 0.744 bits per heavy atom. The molecule has 2 atom stereocenters. The Balaban J connectivity index is 1.33. The van der Waals surface area contributed by atoms with Crippen LogP contribution in [0.4, 0.5) is 4.39 Å². The van der Waals surface area contributed by atoms with Gasteiger partial charge in [0.05, 0.1) is 11.1 Å². The first-order valence-corrected chi connectivity index (χ1v) is 14.8. The molecular weight excluding hydrogens is 481 g/mol. The Hall–Kier alpha value is -3.46. The second kappa shape index (κ2) is 9.93. The summed E-state index contributed by atoms with van der Waals surface area (Å²) in [4.78, 5) is 0. The third-order valence-corrected chi connectivity index (χ3v) is 9.73. The fourth-order valence-corrected chi connectivity index (χ4v) is 7.77. The van der Waals surface area contributed by atoms with Gasteiger partial charge in [0.2, 0.25) is 5.69 Å². The smallest absolute Gasteiger partial charge is 0.216 e. The highest BCUT2D eigenvalue weighted by Crippen LogP contribution is 2.47. The molecule has 2 fully saturated rings. The van der Waals surface area contributed by atoms with E-state index < -0.39 is 0 Å². The number of aromatic nitrogens is 1. The lowest BCUT2D eigenvalue weighted by Gasteiger charge is -2.36. The van der Waals surface area contributed by atoms with Crippen LogP contribution in [0.5, 0.6) is 0 Å². The van der Waals surface area contributed by atoms with Crippen LogP contribution >= 0.6 is 0 Å². The number of hydrogen-bond donors (Lipinski definition) is 0. The van der Waals surface area contributed by atoms with Gasteiger partial charge in [0.15, 0.2) is 6.20 Å². The molecule has 0 radical (unpaired) electrons. The van der Waals surface area contributed by atoms with Crippen molar-refractivity contribution in [1.82, 2.24) is 0 Å². The van der Waals surface area contributed by atoms with Gasteiger partial charge in [-0.2, -0.15) is 0 Å². The number of benzene rings is 3. The quantitative estimate of drug-likeness (QED) is 0.216. The molecule has 3 aromatic carbocycles. The minimum atomic E-state index is -0.237. The van der Waals surface area contributed by atoms with Crippen molar-refractivity contribution < 1.29 is 13.4 Å². The lowest BCUT2D eigenvalue weighted by atomic mass is 9.69. The van der Waals surface area contributed by atoms with Gasteiger partial charge in [0.1, 0.15) is 24.0 Å². The summed E-state index contributed by atoms with van der Waals surface area (Å²) in [5.74, 6) is 2.10. The maximum atomic E-state index is 15.6. The molecule has 0 spiro atoms. The van der Waals surface area contributed by atoms with Gasteiger partial charge >= 0.3 is 0 Å². The van der Waals surface area contributed by atoms with Crippen LogP contribution in [0, 0.1) is 24.6 Å². The monoisotopic (exact) mass is 518 g/mol. The van der Waals surface area contributed by atoms with Crippen molar-refractivity contribution in [2.45, 2.75) is 64.2 Å². The number of pyridine rings is 1. The van der Waals surface area contributed by atoms with Crippen molar-refractivity contribution in [2.24, 2.45) is 18.9 Å². The molecule has 2 aliphatic carbocycles. The molecular formula is C36H37FNO+. The van der Waals surface area contributed by atoms with E-state index in [0.29, 0.717) is 17.1 Å². The molecule has 2 aliphatic rings. The molecule has 0 saturated heterocycles. The van der Waals surface area contributed by atoms with E-state index in [2.05, 4.69) is 54.0 Å². The topological polar surface area (TPSA) is 17.0 Å². The predicted octanol–water partition coefficient (Wildman–Crippen LogP) is 9.66. The zero-order valence-corrected chi connectivity index (χ0v) is 23.1. The molecule has 0 N–H and O–H groups in total. The van der Waals surface area contributed by atoms with E-state index in [1.54, 1.807) is 6.07 Å². The van der Waals surface area contributed by atoms with E-state index in [9.17, 15) is 0 Å². The molecule has 0 aliphatic heterocycles. The van der Waals surface area contributed by atoms with Gasteiger partial charge in [-0.05, 0) is 72.4 Å². The van der Waals surface area contributed by atoms with Gasteiger partial charge in [-0.25, -0.2) is 8.96 Å². The van der Waals surface area contributed by atoms with E-state index in [-0.39, 0.29) is 5.82 Å². The first-order chi connectivity index (χ1) is 19.1. The van der Waals surface area contributed by atoms with Crippen LogP contribution in [0.15, 0.2) is 77.3 Å². The summed E-state index contributed by atoms with van der Waals surface area (Å²) in [5.41, 5.74) is 7.60. The van der Waals surface area contributed by atoms with Crippen molar-refractivity contribution in [3.8, 4) is 22.4 Å². The van der Waals surface area contributed by atoms with Crippen molar-refractivity contribution in [3.05, 3.63) is 89.9 Å². The second-order valence-electron chi connectivity index (χ2n) is 12.0. The highest BCUT2D eigenvalue weighted by Gasteiger charge is 2.34. The molecule has 5 aromatic rings. The summed E-state index contributed by atoms with van der Waals surface area (Å²) in [6.45, 7) is 2.11. The first kappa shape index (κ1) is 24.6. The number of rotatable bonds is 4. The van der Waals surface area contributed by atoms with Gasteiger partial charge in [-0.15, -0.1) is 0 Å². The van der Waals surface area contributed by atoms with E-state index in [1.807, 2.05) is 31.4 Å². The maximum absolute atomic E-state index is 15.6. The van der Waals surface area contributed by atoms with E-state index >= 15 is 4.39 Å². The van der Waals surface area contributed by atoms with Gasteiger partial charge in [0, 0.05) is 22.9 Å². The molecule has 2 aromatic heterocycles. The third-order valence-electron chi connectivity index (χ3n) is 9.73. The highest BCUT2D eigenvalue weighted by molar-refractivity contribution is 6.13. The van der Waals surface area contributed by atoms with Crippen LogP contribution in [0.25, 0.3) is 44.3 Å². The Labute approximate surface area is 230 Å². The van der Waals surface area contributed by atoms with Crippen molar-refractivity contribution >= 4 is 21.9 Å². The Kier molecular flexibility index (Phi) is 6.26. The molecule has 2 saturated carbocycles. The van der Waals surface area contributed by atoms with Crippen LogP contribution in [0.3, 0.4) is 0 Å². The number of hydrogen-bond acceptors (Lipinski definition) is 1. The molecule has 0 amide bonds. The standard InChI is InChI=1S/C36H37FNO/c1-23-14-19-29-30-20-21-31(37)34(36(30)39-35(29)33(23)32-13-7-8-22-38(32)2)26-17-15-25(16-18-26)28-12-6-5-11-27(28)24-9-3-4-10-24/h7-8,13-22,24,27-28H,3-6,9-12H2,1-2H3/q+1. The predicted molar refractivity (Wildman–Crippen MR) is 157 cm³/mol. The zero-order chi connectivity index (χ0) is 26.5. The molecule has 7 rings (SSSR count). The number of fused-ring (bicyclic) bond motifs is 3. The Morgan fingerprint density at radius 3 is 2.21 bits per heavy atom. The fourth-order valence-electron chi connectivity index (χ4n) is 7.77. The summed E-state index contributed by atoms with van der Waals surface area (Å²) >= 11 is 0. The van der Waals surface area contributed by atoms with Crippen LogP contribution in [-0.4, -0.2) is 0 Å². The minimum Gasteiger partial charge on any atom is -0.454 e. The molecule has 198 valence electrons. The molecule has 3 heteroatoms. The van der Waals surface area contributed by atoms with Gasteiger partial charge in [-0.1, -0.05) is 74.9 Å². The number of halogens is 1. The van der Waals surface area contributed by atoms with Crippen LogP contribution in [0.2, 0.25) is 0 Å². The van der Waals surface area contributed by atoms with E-state index in [4.69, 9.17) is 4.42 Å². The van der Waals surface area contributed by atoms with Crippen molar-refractivity contribution in [2.75, 3.05) is 0 Å². The Bertz CT molecular complexity index is 1660. The molecule has 2 heterocycles. The van der Waals surface area contributed by atoms with Crippen LogP contribution in [-0.2, 0) is 7.05 Å². The van der Waals surface area contributed by atoms with Crippen molar-refractivity contribution in [1.29, 1.82) is 0 Å². The fraction of sp³-hybridized carbons (Fsp3) is 0.361. The normalized spacial score (nSPS) is 20.3. The largest absolute Gasteiger partial charge is 0.454 e. The minimum absolute atomic E-state index is 0.237. The van der Waals surface area contributed by atoms with Crippen molar-refractivity contribution in [3.63, 3.8) is 0 Å². The molecule has 0 bridgehead atoms. The first-order valence-electron chi connectivity index (χ1n) is 14.8. The molecule has 2 nitrogen and oxygen atoms in total. The SMILES string of the molecule is Cc1ccc2c(oc3c(-c4ccc(C5CCCCC5C5CCCC5)cc4)c(F)ccc32)c1-c1cccc[n+]1C. The lowest BCUT2D eigenvalue weighted by molar-refractivity contribution is -0.660. The highest BCUT2D eigenvalue weighted by atomic mass is 19.1. The van der Waals surface area contributed by atoms with E-state index in [0.717, 1.165) is 50.6 Å². The number of nitrogens with zero attached hydrogens (tertiary/aromatic N) is 1. The van der Waals surface area contributed by atoms with Gasteiger partial charge < -0.3 is 4.42 Å². The number of aryl methyl sites for hydroxylation is 2. The second-order valence-corrected chi connectivity index (χ2v) is 12.0. The third kappa shape index (κ3) is 4.18. The van der Waals surface area contributed by atoms with Crippen LogP contribution < -0.4 is 4.57 Å². The summed E-state index contributed by atoms with van der Waals surface area (Å²) < 4.78 is 24.3. The van der Waals surface area contributed by atoms with Gasteiger partial charge in [-0.3, -0.25) is 0 Å². The van der Waals surface area contributed by atoms with Gasteiger partial charge in [0.25, 0.3) is 0 Å². The summed E-state index contributed by atoms with van der Waals surface area (Å²) in [6, 6.07) is 22.7. The summed E-state index contributed by atoms with van der Waals surface area (Å²) in [7, 11) is 2.05.